The number of nitrogens with zero attached hydrogens (tertiary/aromatic N) is 1. The Labute approximate surface area is 138 Å². The smallest absolute Gasteiger partial charge is 0.314 e. The van der Waals surface area contributed by atoms with Gasteiger partial charge in [-0.25, -0.2) is 8.42 Å². The summed E-state index contributed by atoms with van der Waals surface area (Å²) in [7, 11) is -4.23. The molecule has 0 saturated carbocycles. The third-order valence-corrected chi connectivity index (χ3v) is 5.58. The molecule has 1 aromatic rings. The average molecular weight is 379 g/mol. The number of hydrogen-bond donors (Lipinski definition) is 1. The average Bonchev–Trinajstić information content (AvgIpc) is 2.37. The molecule has 0 amide bonds. The lowest BCUT2D eigenvalue weighted by atomic mass is 10.2. The molecule has 0 radical (unpaired) electrons. The number of sulfonamides is 1. The van der Waals surface area contributed by atoms with Crippen molar-refractivity contribution in [2.75, 3.05) is 19.6 Å². The van der Waals surface area contributed by atoms with E-state index in [1.54, 1.807) is 6.92 Å². The van der Waals surface area contributed by atoms with Crippen molar-refractivity contribution in [2.24, 2.45) is 0 Å². The summed E-state index contributed by atoms with van der Waals surface area (Å²) in [4.78, 5) is -0.756. The van der Waals surface area contributed by atoms with Gasteiger partial charge in [-0.1, -0.05) is 11.6 Å². The predicted octanol–water partition coefficient (Wildman–Crippen LogP) is 2.76. The lowest BCUT2D eigenvalue weighted by Crippen LogP contribution is -2.52. The number of rotatable bonds is 2. The van der Waals surface area contributed by atoms with Crippen LogP contribution in [0.1, 0.15) is 12.5 Å². The summed E-state index contributed by atoms with van der Waals surface area (Å²) in [6.07, 6.45) is -4.79. The van der Waals surface area contributed by atoms with Crippen molar-refractivity contribution >= 4 is 34.0 Å². The van der Waals surface area contributed by atoms with Crippen LogP contribution in [0.5, 0.6) is 0 Å². The molecule has 22 heavy (non-hydrogen) atoms. The Kier molecular flexibility index (Phi) is 6.14. The number of alkyl halides is 3. The van der Waals surface area contributed by atoms with E-state index >= 15 is 0 Å². The van der Waals surface area contributed by atoms with Crippen LogP contribution >= 0.6 is 24.0 Å². The largest absolute Gasteiger partial charge is 0.417 e. The maximum Gasteiger partial charge on any atom is 0.417 e. The van der Waals surface area contributed by atoms with Crippen molar-refractivity contribution in [2.45, 2.75) is 24.0 Å². The van der Waals surface area contributed by atoms with Crippen LogP contribution in [-0.4, -0.2) is 38.4 Å². The van der Waals surface area contributed by atoms with Gasteiger partial charge in [0.05, 0.1) is 10.5 Å². The van der Waals surface area contributed by atoms with E-state index in [9.17, 15) is 21.6 Å². The molecule has 0 spiro atoms. The van der Waals surface area contributed by atoms with Crippen molar-refractivity contribution in [3.05, 3.63) is 28.8 Å². The molecule has 10 heteroatoms. The maximum absolute atomic E-state index is 13.1. The second-order valence-electron chi connectivity index (χ2n) is 4.81. The molecule has 0 aromatic heterocycles. The fraction of sp³-hybridized carbons (Fsp3) is 0.500. The van der Waals surface area contributed by atoms with Crippen molar-refractivity contribution in [1.82, 2.24) is 9.62 Å². The molecule has 1 atom stereocenters. The van der Waals surface area contributed by atoms with E-state index in [4.69, 9.17) is 11.6 Å². The fourth-order valence-corrected chi connectivity index (χ4v) is 4.25. The molecule has 4 nitrogen and oxygen atoms in total. The maximum atomic E-state index is 13.1. The van der Waals surface area contributed by atoms with Crippen LogP contribution in [0.4, 0.5) is 13.2 Å². The molecule has 2 rings (SSSR count). The summed E-state index contributed by atoms with van der Waals surface area (Å²) in [5.74, 6) is 0. The molecular weight excluding hydrogens is 364 g/mol. The number of nitrogens with one attached hydrogen (secondary N) is 1. The zero-order valence-electron chi connectivity index (χ0n) is 11.5. The molecule has 1 heterocycles. The van der Waals surface area contributed by atoms with Crippen LogP contribution in [0.15, 0.2) is 23.1 Å². The van der Waals surface area contributed by atoms with Gasteiger partial charge in [-0.05, 0) is 25.1 Å². The van der Waals surface area contributed by atoms with Crippen molar-refractivity contribution < 1.29 is 21.6 Å². The lowest BCUT2D eigenvalue weighted by molar-refractivity contribution is -0.139. The minimum absolute atomic E-state index is 0. The van der Waals surface area contributed by atoms with Crippen LogP contribution in [0.25, 0.3) is 0 Å². The molecular formula is C12H15Cl2F3N2O2S. The number of halogens is 5. The van der Waals surface area contributed by atoms with Crippen LogP contribution in [0, 0.1) is 0 Å². The Hall–Kier alpha value is -0.540. The molecule has 1 fully saturated rings. The SMILES string of the molecule is C[C@H]1CNCCN1S(=O)(=O)c1ccc(Cl)cc1C(F)(F)F.Cl. The van der Waals surface area contributed by atoms with Crippen molar-refractivity contribution in [1.29, 1.82) is 0 Å². The Morgan fingerprint density at radius 2 is 2.00 bits per heavy atom. The van der Waals surface area contributed by atoms with Crippen molar-refractivity contribution in [3.63, 3.8) is 0 Å². The van der Waals surface area contributed by atoms with E-state index in [-0.39, 0.29) is 24.0 Å². The van der Waals surface area contributed by atoms with Gasteiger partial charge in [-0.2, -0.15) is 17.5 Å². The van der Waals surface area contributed by atoms with E-state index in [1.807, 2.05) is 0 Å². The second-order valence-corrected chi connectivity index (χ2v) is 7.10. The van der Waals surface area contributed by atoms with Gasteiger partial charge >= 0.3 is 6.18 Å². The quantitative estimate of drug-likeness (QED) is 0.860. The second kappa shape index (κ2) is 6.92. The van der Waals surface area contributed by atoms with Gasteiger partial charge in [-0.3, -0.25) is 0 Å². The molecule has 1 aromatic carbocycles. The molecule has 0 bridgehead atoms. The summed E-state index contributed by atoms with van der Waals surface area (Å²) < 4.78 is 65.4. The molecule has 1 aliphatic heterocycles. The van der Waals surface area contributed by atoms with Gasteiger partial charge in [0.15, 0.2) is 0 Å². The third-order valence-electron chi connectivity index (χ3n) is 3.27. The van der Waals surface area contributed by atoms with Gasteiger partial charge in [0.25, 0.3) is 0 Å². The van der Waals surface area contributed by atoms with Gasteiger partial charge in [0, 0.05) is 30.7 Å². The Balaban J connectivity index is 0.00000242. The third kappa shape index (κ3) is 3.86. The van der Waals surface area contributed by atoms with Crippen LogP contribution in [0.3, 0.4) is 0 Å². The first-order chi connectivity index (χ1) is 9.64. The van der Waals surface area contributed by atoms with Crippen LogP contribution in [-0.2, 0) is 16.2 Å². The van der Waals surface area contributed by atoms with Crippen LogP contribution in [0.2, 0.25) is 5.02 Å². The van der Waals surface area contributed by atoms with Gasteiger partial charge < -0.3 is 5.32 Å². The minimum atomic E-state index is -4.79. The minimum Gasteiger partial charge on any atom is -0.314 e. The van der Waals surface area contributed by atoms with E-state index in [0.29, 0.717) is 19.2 Å². The molecule has 1 aliphatic rings. The first kappa shape index (κ1) is 19.5. The normalized spacial score (nSPS) is 20.5. The first-order valence-corrected chi connectivity index (χ1v) is 8.05. The van der Waals surface area contributed by atoms with E-state index in [1.165, 1.54) is 0 Å². The van der Waals surface area contributed by atoms with E-state index in [0.717, 1.165) is 16.4 Å². The van der Waals surface area contributed by atoms with Gasteiger partial charge in [0.2, 0.25) is 10.0 Å². The van der Waals surface area contributed by atoms with Crippen LogP contribution < -0.4 is 5.32 Å². The summed E-state index contributed by atoms with van der Waals surface area (Å²) in [5.41, 5.74) is -1.24. The summed E-state index contributed by atoms with van der Waals surface area (Å²) in [6.45, 7) is 2.57. The van der Waals surface area contributed by atoms with Crippen molar-refractivity contribution in [3.8, 4) is 0 Å². The summed E-state index contributed by atoms with van der Waals surface area (Å²) in [5, 5.41) is 2.83. The zero-order chi connectivity index (χ0) is 15.8. The number of hydrogen-bond acceptors (Lipinski definition) is 3. The highest BCUT2D eigenvalue weighted by molar-refractivity contribution is 7.89. The zero-order valence-corrected chi connectivity index (χ0v) is 13.9. The standard InChI is InChI=1S/C12H14ClF3N2O2S.ClH/c1-8-7-17-4-5-18(8)21(19,20)11-3-2-9(13)6-10(11)12(14,15)16;/h2-3,6,8,17H,4-5,7H2,1H3;1H/t8-;/m0./s1. The summed E-state index contributed by atoms with van der Waals surface area (Å²) >= 11 is 5.57. The Morgan fingerprint density at radius 3 is 2.55 bits per heavy atom. The molecule has 0 unspecified atom stereocenters. The highest BCUT2D eigenvalue weighted by Crippen LogP contribution is 2.37. The predicted molar refractivity (Wildman–Crippen MR) is 79.9 cm³/mol. The molecule has 1 saturated heterocycles. The highest BCUT2D eigenvalue weighted by Gasteiger charge is 2.40. The summed E-state index contributed by atoms with van der Waals surface area (Å²) in [6, 6.07) is 2.29. The van der Waals surface area contributed by atoms with Gasteiger partial charge in [-0.15, -0.1) is 12.4 Å². The Bertz CT molecular complexity index is 638. The van der Waals surface area contributed by atoms with Gasteiger partial charge in [0.1, 0.15) is 0 Å². The monoisotopic (exact) mass is 378 g/mol. The first-order valence-electron chi connectivity index (χ1n) is 6.23. The topological polar surface area (TPSA) is 49.4 Å². The molecule has 126 valence electrons. The Morgan fingerprint density at radius 1 is 1.36 bits per heavy atom. The molecule has 0 aliphatic carbocycles. The fourth-order valence-electron chi connectivity index (χ4n) is 2.25. The lowest BCUT2D eigenvalue weighted by Gasteiger charge is -2.33. The van der Waals surface area contributed by atoms with E-state index in [2.05, 4.69) is 5.32 Å². The molecule has 1 N–H and O–H groups in total. The number of benzene rings is 1. The number of piperazine rings is 1. The van der Waals surface area contributed by atoms with E-state index < -0.39 is 32.7 Å². The highest BCUT2D eigenvalue weighted by atomic mass is 35.5.